The Morgan fingerprint density at radius 3 is 1.10 bits per heavy atom. The van der Waals surface area contributed by atoms with Gasteiger partial charge < -0.3 is 0 Å². The molecular weight excluding hydrogens is 416 g/mol. The largest absolute Gasteiger partial charge is 0.207 e. The molecule has 0 aromatic heterocycles. The van der Waals surface area contributed by atoms with Crippen molar-refractivity contribution in [1.82, 2.24) is 0 Å². The smallest absolute Gasteiger partial charge is 0.137 e. The van der Waals surface area contributed by atoms with E-state index in [1.54, 1.807) is 0 Å². The first-order chi connectivity index (χ1) is 9.31. The van der Waals surface area contributed by atoms with Gasteiger partial charge in [-0.25, -0.2) is 26.3 Å². The SMILES string of the molecule is Fc1cc(F)c(P(I)c2c(F)cc(F)cc2F)c(F)c1. The Morgan fingerprint density at radius 2 is 0.850 bits per heavy atom. The number of halogens is 7. The van der Waals surface area contributed by atoms with Crippen LogP contribution in [-0.4, -0.2) is 0 Å². The van der Waals surface area contributed by atoms with Gasteiger partial charge in [-0.3, -0.25) is 0 Å². The van der Waals surface area contributed by atoms with Crippen molar-refractivity contribution in [2.45, 2.75) is 0 Å². The number of hydrogen-bond donors (Lipinski definition) is 0. The van der Waals surface area contributed by atoms with E-state index in [0.717, 1.165) is 0 Å². The monoisotopic (exact) mass is 420 g/mol. The third kappa shape index (κ3) is 2.93. The minimum absolute atomic E-state index is 0.422. The standard InChI is InChI=1S/C12H4F6IP/c13-5-1-7(15)11(8(16)2-5)20(19)12-9(17)3-6(14)4-10(12)18/h1-4H. The van der Waals surface area contributed by atoms with Crippen LogP contribution >= 0.6 is 27.6 Å². The van der Waals surface area contributed by atoms with E-state index in [1.807, 2.05) is 0 Å². The highest BCUT2D eigenvalue weighted by Gasteiger charge is 2.26. The normalized spacial score (nSPS) is 11.2. The molecule has 0 bridgehead atoms. The molecule has 0 aliphatic rings. The van der Waals surface area contributed by atoms with Crippen molar-refractivity contribution >= 4 is 38.2 Å². The van der Waals surface area contributed by atoms with E-state index < -0.39 is 51.1 Å². The quantitative estimate of drug-likeness (QED) is 0.386. The van der Waals surface area contributed by atoms with Crippen LogP contribution in [0.1, 0.15) is 0 Å². The van der Waals surface area contributed by atoms with E-state index in [2.05, 4.69) is 0 Å². The molecule has 0 spiro atoms. The average molecular weight is 420 g/mol. The molecule has 0 radical (unpaired) electrons. The van der Waals surface area contributed by atoms with Crippen molar-refractivity contribution in [3.63, 3.8) is 0 Å². The van der Waals surface area contributed by atoms with Crippen molar-refractivity contribution < 1.29 is 26.3 Å². The highest BCUT2D eigenvalue weighted by molar-refractivity contribution is 14.2. The maximum atomic E-state index is 13.6. The molecule has 20 heavy (non-hydrogen) atoms. The molecule has 0 aliphatic carbocycles. The third-order valence-corrected chi connectivity index (χ3v) is 6.89. The molecule has 2 aromatic rings. The van der Waals surface area contributed by atoms with E-state index in [1.165, 1.54) is 22.0 Å². The van der Waals surface area contributed by atoms with Gasteiger partial charge in [0.1, 0.15) is 34.9 Å². The molecular formula is C12H4F6IP. The molecule has 2 aromatic carbocycles. The Morgan fingerprint density at radius 1 is 0.600 bits per heavy atom. The van der Waals surface area contributed by atoms with E-state index in [-0.39, 0.29) is 0 Å². The van der Waals surface area contributed by atoms with Crippen molar-refractivity contribution in [3.8, 4) is 0 Å². The van der Waals surface area contributed by atoms with Crippen LogP contribution in [0.25, 0.3) is 0 Å². The Kier molecular flexibility index (Phi) is 4.59. The fourth-order valence-corrected chi connectivity index (χ4v) is 5.55. The fourth-order valence-electron chi connectivity index (χ4n) is 1.56. The van der Waals surface area contributed by atoms with Gasteiger partial charge in [0.2, 0.25) is 0 Å². The lowest BCUT2D eigenvalue weighted by Crippen LogP contribution is -2.21. The predicted molar refractivity (Wildman–Crippen MR) is 72.8 cm³/mol. The molecule has 0 amide bonds. The van der Waals surface area contributed by atoms with Crippen LogP contribution in [0.5, 0.6) is 0 Å². The zero-order valence-corrected chi connectivity index (χ0v) is 12.5. The summed E-state index contributed by atoms with van der Waals surface area (Å²) < 4.78 is 80.0. The number of benzene rings is 2. The summed E-state index contributed by atoms with van der Waals surface area (Å²) in [5.74, 6) is -7.25. The molecule has 0 saturated heterocycles. The van der Waals surface area contributed by atoms with Crippen LogP contribution in [0, 0.1) is 34.9 Å². The lowest BCUT2D eigenvalue weighted by Gasteiger charge is -2.14. The first-order valence-electron chi connectivity index (χ1n) is 5.06. The molecule has 0 atom stereocenters. The molecule has 0 fully saturated rings. The maximum absolute atomic E-state index is 13.6. The van der Waals surface area contributed by atoms with Crippen LogP contribution in [0.3, 0.4) is 0 Å². The lowest BCUT2D eigenvalue weighted by atomic mass is 10.3. The van der Waals surface area contributed by atoms with E-state index >= 15 is 0 Å². The Hall–Kier alpha value is -0.820. The Balaban J connectivity index is 2.61. The van der Waals surface area contributed by atoms with Crippen LogP contribution < -0.4 is 10.6 Å². The summed E-state index contributed by atoms with van der Waals surface area (Å²) in [5.41, 5.74) is -2.14. The topological polar surface area (TPSA) is 0 Å². The minimum atomic E-state index is -2.14. The number of rotatable bonds is 2. The van der Waals surface area contributed by atoms with Crippen molar-refractivity contribution in [2.24, 2.45) is 0 Å². The van der Waals surface area contributed by atoms with Gasteiger partial charge in [0.05, 0.1) is 10.6 Å². The van der Waals surface area contributed by atoms with E-state index in [0.29, 0.717) is 24.3 Å². The van der Waals surface area contributed by atoms with Gasteiger partial charge in [-0.1, -0.05) is 0 Å². The molecule has 0 saturated carbocycles. The highest BCUT2D eigenvalue weighted by Crippen LogP contribution is 2.45. The van der Waals surface area contributed by atoms with Gasteiger partial charge in [0.15, 0.2) is 0 Å². The molecule has 106 valence electrons. The van der Waals surface area contributed by atoms with Gasteiger partial charge in [0, 0.05) is 29.8 Å². The molecule has 0 heterocycles. The van der Waals surface area contributed by atoms with Gasteiger partial charge in [0.25, 0.3) is 0 Å². The molecule has 0 nitrogen and oxygen atoms in total. The van der Waals surface area contributed by atoms with Crippen LogP contribution in [0.15, 0.2) is 24.3 Å². The summed E-state index contributed by atoms with van der Waals surface area (Å²) in [6.07, 6.45) is 0. The van der Waals surface area contributed by atoms with Gasteiger partial charge in [-0.05, 0) is 22.0 Å². The second-order valence-corrected chi connectivity index (χ2v) is 8.07. The molecule has 0 aliphatic heterocycles. The second kappa shape index (κ2) is 5.89. The lowest BCUT2D eigenvalue weighted by molar-refractivity contribution is 0.552. The predicted octanol–water partition coefficient (Wildman–Crippen LogP) is 4.30. The van der Waals surface area contributed by atoms with Crippen LogP contribution in [0.2, 0.25) is 0 Å². The number of hydrogen-bond acceptors (Lipinski definition) is 0. The highest BCUT2D eigenvalue weighted by atomic mass is 127. The second-order valence-electron chi connectivity index (χ2n) is 3.72. The van der Waals surface area contributed by atoms with Crippen molar-refractivity contribution in [3.05, 3.63) is 59.2 Å². The first kappa shape index (κ1) is 15.6. The summed E-state index contributed by atoms with van der Waals surface area (Å²) in [7, 11) is 0. The molecule has 8 heteroatoms. The van der Waals surface area contributed by atoms with Crippen LogP contribution in [0.4, 0.5) is 26.3 Å². The Labute approximate surface area is 124 Å². The molecule has 2 rings (SSSR count). The minimum Gasteiger partial charge on any atom is -0.207 e. The van der Waals surface area contributed by atoms with Gasteiger partial charge in [-0.2, -0.15) is 0 Å². The average Bonchev–Trinajstić information content (AvgIpc) is 2.25. The van der Waals surface area contributed by atoms with E-state index in [9.17, 15) is 26.3 Å². The van der Waals surface area contributed by atoms with Crippen LogP contribution in [-0.2, 0) is 0 Å². The summed E-state index contributed by atoms with van der Waals surface area (Å²) in [6, 6.07) is 1.69. The summed E-state index contributed by atoms with van der Waals surface area (Å²) in [6.45, 7) is 0. The van der Waals surface area contributed by atoms with Crippen molar-refractivity contribution in [1.29, 1.82) is 0 Å². The van der Waals surface area contributed by atoms with Gasteiger partial charge in [-0.15, -0.1) is 0 Å². The zero-order chi connectivity index (χ0) is 15.0. The maximum Gasteiger partial charge on any atom is 0.137 e. The first-order valence-corrected chi connectivity index (χ1v) is 9.19. The molecule has 0 unspecified atom stereocenters. The fraction of sp³-hybridized carbons (Fsp3) is 0. The zero-order valence-electron chi connectivity index (χ0n) is 9.40. The van der Waals surface area contributed by atoms with Crippen molar-refractivity contribution in [2.75, 3.05) is 0 Å². The van der Waals surface area contributed by atoms with Gasteiger partial charge >= 0.3 is 0 Å². The van der Waals surface area contributed by atoms with E-state index in [4.69, 9.17) is 0 Å². The Bertz CT molecular complexity index is 571. The summed E-state index contributed by atoms with van der Waals surface area (Å²) in [5, 5.41) is -1.27. The summed E-state index contributed by atoms with van der Waals surface area (Å²) >= 11 is 1.46. The molecule has 0 N–H and O–H groups in total. The third-order valence-electron chi connectivity index (χ3n) is 2.36. The summed E-state index contributed by atoms with van der Waals surface area (Å²) in [4.78, 5) is 0.